The van der Waals surface area contributed by atoms with Crippen LogP contribution >= 0.6 is 27.5 Å². The number of carbonyl (C=O) groups is 2. The molecule has 25 heavy (non-hydrogen) atoms. The van der Waals surface area contributed by atoms with Crippen molar-refractivity contribution in [2.24, 2.45) is 5.10 Å². The summed E-state index contributed by atoms with van der Waals surface area (Å²) in [7, 11) is 0. The van der Waals surface area contributed by atoms with Gasteiger partial charge in [-0.1, -0.05) is 33.6 Å². The van der Waals surface area contributed by atoms with Crippen molar-refractivity contribution in [3.63, 3.8) is 0 Å². The minimum absolute atomic E-state index is 0.0703. The van der Waals surface area contributed by atoms with Crippen molar-refractivity contribution in [1.82, 2.24) is 5.43 Å². The Morgan fingerprint density at radius 2 is 1.96 bits per heavy atom. The Labute approximate surface area is 159 Å². The highest BCUT2D eigenvalue weighted by atomic mass is 79.9. The third-order valence-corrected chi connectivity index (χ3v) is 4.04. The maximum Gasteiger partial charge on any atom is 0.271 e. The third kappa shape index (κ3) is 5.99. The molecule has 0 aliphatic heterocycles. The van der Waals surface area contributed by atoms with E-state index in [1.165, 1.54) is 0 Å². The molecule has 2 aromatic rings. The molecule has 2 amide bonds. The fourth-order valence-electron chi connectivity index (χ4n) is 2.07. The molecule has 0 saturated carbocycles. The molecule has 0 spiro atoms. The van der Waals surface area contributed by atoms with Crippen molar-refractivity contribution in [1.29, 1.82) is 0 Å². The summed E-state index contributed by atoms with van der Waals surface area (Å²) in [6.07, 6.45) is 0.0703. The summed E-state index contributed by atoms with van der Waals surface area (Å²) in [6.45, 7) is 3.54. The van der Waals surface area contributed by atoms with E-state index in [0.29, 0.717) is 22.0 Å². The highest BCUT2D eigenvalue weighted by Crippen LogP contribution is 2.19. The molecule has 0 bridgehead atoms. The molecule has 5 nitrogen and oxygen atoms in total. The largest absolute Gasteiger partial charge is 0.326 e. The van der Waals surface area contributed by atoms with E-state index < -0.39 is 0 Å². The van der Waals surface area contributed by atoms with Gasteiger partial charge in [0.1, 0.15) is 0 Å². The van der Waals surface area contributed by atoms with Crippen LogP contribution in [0.4, 0.5) is 5.69 Å². The highest BCUT2D eigenvalue weighted by molar-refractivity contribution is 9.10. The Morgan fingerprint density at radius 1 is 1.20 bits per heavy atom. The number of nitrogens with one attached hydrogen (secondary N) is 2. The van der Waals surface area contributed by atoms with Gasteiger partial charge in [0.2, 0.25) is 5.91 Å². The van der Waals surface area contributed by atoms with E-state index in [0.717, 1.165) is 10.0 Å². The second-order valence-electron chi connectivity index (χ2n) is 5.48. The van der Waals surface area contributed by atoms with Gasteiger partial charge in [-0.2, -0.15) is 5.10 Å². The molecule has 0 aliphatic rings. The lowest BCUT2D eigenvalue weighted by atomic mass is 10.2. The number of anilines is 1. The third-order valence-electron chi connectivity index (χ3n) is 3.31. The van der Waals surface area contributed by atoms with Crippen LogP contribution in [0.1, 0.15) is 29.3 Å². The van der Waals surface area contributed by atoms with E-state index in [9.17, 15) is 9.59 Å². The molecule has 2 aromatic carbocycles. The smallest absolute Gasteiger partial charge is 0.271 e. The monoisotopic (exact) mass is 421 g/mol. The molecular formula is C18H17BrClN3O2. The van der Waals surface area contributed by atoms with Crippen LogP contribution in [0.15, 0.2) is 52.0 Å². The fourth-order valence-corrected chi connectivity index (χ4v) is 2.70. The average Bonchev–Trinajstić information content (AvgIpc) is 2.55. The van der Waals surface area contributed by atoms with E-state index >= 15 is 0 Å². The maximum atomic E-state index is 12.1. The van der Waals surface area contributed by atoms with Crippen LogP contribution in [0.5, 0.6) is 0 Å². The Morgan fingerprint density at radius 3 is 2.64 bits per heavy atom. The van der Waals surface area contributed by atoms with Crippen molar-refractivity contribution >= 4 is 50.7 Å². The average molecular weight is 423 g/mol. The number of nitrogens with zero attached hydrogens (tertiary/aromatic N) is 1. The van der Waals surface area contributed by atoms with Crippen LogP contribution in [-0.2, 0) is 4.79 Å². The second kappa shape index (κ2) is 8.78. The molecule has 0 saturated heterocycles. The summed E-state index contributed by atoms with van der Waals surface area (Å²) in [5.74, 6) is -0.557. The molecule has 2 rings (SSSR count). The first-order valence-corrected chi connectivity index (χ1v) is 8.67. The summed E-state index contributed by atoms with van der Waals surface area (Å²) < 4.78 is 0.804. The number of benzene rings is 2. The van der Waals surface area contributed by atoms with Crippen molar-refractivity contribution < 1.29 is 9.59 Å². The molecular weight excluding hydrogens is 406 g/mol. The van der Waals surface area contributed by atoms with Gasteiger partial charge in [-0.3, -0.25) is 9.59 Å². The van der Waals surface area contributed by atoms with E-state index in [1.54, 1.807) is 43.3 Å². The summed E-state index contributed by atoms with van der Waals surface area (Å²) in [6, 6.07) is 12.2. The molecule has 0 aromatic heterocycles. The van der Waals surface area contributed by atoms with Crippen molar-refractivity contribution in [2.75, 3.05) is 5.32 Å². The van der Waals surface area contributed by atoms with E-state index in [2.05, 4.69) is 31.8 Å². The van der Waals surface area contributed by atoms with Crippen LogP contribution in [0.3, 0.4) is 0 Å². The molecule has 2 N–H and O–H groups in total. The number of hydrogen-bond donors (Lipinski definition) is 2. The lowest BCUT2D eigenvalue weighted by molar-refractivity contribution is -0.115. The number of hydrazone groups is 1. The van der Waals surface area contributed by atoms with Gasteiger partial charge in [0.25, 0.3) is 5.91 Å². The molecule has 0 atom stereocenters. The maximum absolute atomic E-state index is 12.1. The van der Waals surface area contributed by atoms with E-state index in [4.69, 9.17) is 11.6 Å². The van der Waals surface area contributed by atoms with Crippen LogP contribution in [0.2, 0.25) is 5.02 Å². The van der Waals surface area contributed by atoms with E-state index in [-0.39, 0.29) is 18.2 Å². The first kappa shape index (κ1) is 19.1. The predicted molar refractivity (Wildman–Crippen MR) is 104 cm³/mol. The minimum atomic E-state index is -0.338. The van der Waals surface area contributed by atoms with Gasteiger partial charge in [0.15, 0.2) is 0 Å². The Balaban J connectivity index is 1.92. The van der Waals surface area contributed by atoms with E-state index in [1.807, 2.05) is 13.0 Å². The summed E-state index contributed by atoms with van der Waals surface area (Å²) >= 11 is 9.20. The van der Waals surface area contributed by atoms with Crippen molar-refractivity contribution in [3.05, 3.63) is 63.1 Å². The van der Waals surface area contributed by atoms with Gasteiger partial charge in [-0.15, -0.1) is 0 Å². The molecule has 0 heterocycles. The lowest BCUT2D eigenvalue weighted by Crippen LogP contribution is -2.21. The fraction of sp³-hybridized carbons (Fsp3) is 0.167. The standard InChI is InChI=1S/C18H17BrClN3O2/c1-11-8-15(20)6-7-16(11)21-17(24)9-12(2)22-23-18(25)13-4-3-5-14(19)10-13/h3-8,10H,9H2,1-2H3,(H,21,24)(H,23,25)/b22-12-. The zero-order chi connectivity index (χ0) is 18.4. The number of rotatable bonds is 5. The second-order valence-corrected chi connectivity index (χ2v) is 6.83. The van der Waals surface area contributed by atoms with Gasteiger partial charge < -0.3 is 5.32 Å². The molecule has 130 valence electrons. The zero-order valence-electron chi connectivity index (χ0n) is 13.8. The first-order chi connectivity index (χ1) is 11.8. The van der Waals surface area contributed by atoms with Gasteiger partial charge in [-0.05, 0) is 55.8 Å². The van der Waals surface area contributed by atoms with Crippen LogP contribution in [0, 0.1) is 6.92 Å². The molecule has 0 unspecified atom stereocenters. The number of carbonyl (C=O) groups excluding carboxylic acids is 2. The highest BCUT2D eigenvalue weighted by Gasteiger charge is 2.08. The summed E-state index contributed by atoms with van der Waals surface area (Å²) in [5, 5.41) is 7.38. The first-order valence-electron chi connectivity index (χ1n) is 7.50. The quantitative estimate of drug-likeness (QED) is 0.548. The Hall–Kier alpha value is -2.18. The predicted octanol–water partition coefficient (Wildman–Crippen LogP) is 4.55. The summed E-state index contributed by atoms with van der Waals surface area (Å²) in [5.41, 5.74) is 4.98. The normalized spacial score (nSPS) is 11.1. The zero-order valence-corrected chi connectivity index (χ0v) is 16.1. The molecule has 0 radical (unpaired) electrons. The Bertz CT molecular complexity index is 837. The van der Waals surface area contributed by atoms with Gasteiger partial charge in [0, 0.05) is 26.5 Å². The minimum Gasteiger partial charge on any atom is -0.326 e. The number of amides is 2. The SMILES string of the molecule is C/C(CC(=O)Nc1ccc(Cl)cc1C)=N/NC(=O)c1cccc(Br)c1. The Kier molecular flexibility index (Phi) is 6.73. The van der Waals surface area contributed by atoms with Crippen LogP contribution in [0.25, 0.3) is 0 Å². The molecule has 7 heteroatoms. The number of halogens is 2. The molecule has 0 aliphatic carbocycles. The van der Waals surface area contributed by atoms with Crippen LogP contribution < -0.4 is 10.7 Å². The number of aryl methyl sites for hydroxylation is 1. The number of hydrogen-bond acceptors (Lipinski definition) is 3. The van der Waals surface area contributed by atoms with Crippen molar-refractivity contribution in [3.8, 4) is 0 Å². The lowest BCUT2D eigenvalue weighted by Gasteiger charge is -2.08. The summed E-state index contributed by atoms with van der Waals surface area (Å²) in [4.78, 5) is 24.1. The van der Waals surface area contributed by atoms with Gasteiger partial charge in [-0.25, -0.2) is 5.43 Å². The van der Waals surface area contributed by atoms with Gasteiger partial charge >= 0.3 is 0 Å². The van der Waals surface area contributed by atoms with Gasteiger partial charge in [0.05, 0.1) is 6.42 Å². The van der Waals surface area contributed by atoms with Crippen LogP contribution in [-0.4, -0.2) is 17.5 Å². The molecule has 0 fully saturated rings. The van der Waals surface area contributed by atoms with Crippen molar-refractivity contribution in [2.45, 2.75) is 20.3 Å². The topological polar surface area (TPSA) is 70.6 Å².